The molecule has 0 radical (unpaired) electrons. The van der Waals surface area contributed by atoms with Crippen LogP contribution in [-0.4, -0.2) is 15.0 Å². The van der Waals surface area contributed by atoms with Crippen LogP contribution in [0.3, 0.4) is 0 Å². The summed E-state index contributed by atoms with van der Waals surface area (Å²) in [5.74, 6) is 0.0822. The van der Waals surface area contributed by atoms with Crippen molar-refractivity contribution in [3.63, 3.8) is 0 Å². The Kier molecular flexibility index (Phi) is 5.33. The average Bonchev–Trinajstić information content (AvgIpc) is 2.72. The number of alkyl halides is 6. The minimum absolute atomic E-state index is 0.0523. The molecule has 4 aromatic rings. The van der Waals surface area contributed by atoms with Gasteiger partial charge in [0, 0.05) is 17.3 Å². The lowest BCUT2D eigenvalue weighted by molar-refractivity contribution is -0.143. The van der Waals surface area contributed by atoms with Crippen LogP contribution in [0.1, 0.15) is 11.1 Å². The molecule has 2 heterocycles. The van der Waals surface area contributed by atoms with Crippen LogP contribution in [0.4, 0.5) is 49.5 Å². The number of hydrogen-bond donors (Lipinski definition) is 2. The molecule has 0 aliphatic heterocycles. The van der Waals surface area contributed by atoms with Crippen LogP contribution >= 0.6 is 0 Å². The van der Waals surface area contributed by atoms with Crippen molar-refractivity contribution in [2.24, 2.45) is 0 Å². The standard InChI is InChI=1S/C21H13F6N5/c22-20(23,24)13-8-14(21(25,26)27)10-15(9-13)31-19-28-6-5-18(32-19)30-16-7-12-3-1-2-4-17(12)29-11-16/h1-11H,(H2,28,30,31,32). The van der Waals surface area contributed by atoms with Gasteiger partial charge in [0.1, 0.15) is 5.82 Å². The monoisotopic (exact) mass is 449 g/mol. The lowest BCUT2D eigenvalue weighted by Crippen LogP contribution is -2.12. The summed E-state index contributed by atoms with van der Waals surface area (Å²) in [6.07, 6.45) is -7.03. The lowest BCUT2D eigenvalue weighted by atomic mass is 10.1. The minimum atomic E-state index is -4.95. The summed E-state index contributed by atoms with van der Waals surface area (Å²) in [5, 5.41) is 6.26. The molecule has 0 bridgehead atoms. The van der Waals surface area contributed by atoms with Gasteiger partial charge in [-0.3, -0.25) is 4.98 Å². The molecule has 32 heavy (non-hydrogen) atoms. The molecule has 2 aromatic carbocycles. The van der Waals surface area contributed by atoms with Crippen molar-refractivity contribution < 1.29 is 26.3 Å². The molecular weight excluding hydrogens is 436 g/mol. The topological polar surface area (TPSA) is 62.7 Å². The molecule has 2 N–H and O–H groups in total. The summed E-state index contributed by atoms with van der Waals surface area (Å²) in [7, 11) is 0. The Bertz CT molecular complexity index is 1240. The van der Waals surface area contributed by atoms with Gasteiger partial charge in [-0.25, -0.2) is 4.98 Å². The van der Waals surface area contributed by atoms with Crippen LogP contribution < -0.4 is 10.6 Å². The van der Waals surface area contributed by atoms with Gasteiger partial charge in [0.25, 0.3) is 0 Å². The number of nitrogens with zero attached hydrogens (tertiary/aromatic N) is 3. The Morgan fingerprint density at radius 3 is 2.06 bits per heavy atom. The molecule has 0 amide bonds. The molecule has 2 aromatic heterocycles. The summed E-state index contributed by atoms with van der Waals surface area (Å²) in [6.45, 7) is 0. The van der Waals surface area contributed by atoms with E-state index in [4.69, 9.17) is 0 Å². The maximum Gasteiger partial charge on any atom is 0.416 e. The number of benzene rings is 2. The highest BCUT2D eigenvalue weighted by atomic mass is 19.4. The summed E-state index contributed by atoms with van der Waals surface area (Å²) in [4.78, 5) is 12.3. The van der Waals surface area contributed by atoms with Crippen molar-refractivity contribution in [1.82, 2.24) is 15.0 Å². The van der Waals surface area contributed by atoms with Gasteiger partial charge in [0.15, 0.2) is 0 Å². The van der Waals surface area contributed by atoms with Gasteiger partial charge >= 0.3 is 12.4 Å². The quantitative estimate of drug-likeness (QED) is 0.346. The van der Waals surface area contributed by atoms with E-state index in [1.807, 2.05) is 30.3 Å². The van der Waals surface area contributed by atoms with Crippen LogP contribution in [-0.2, 0) is 12.4 Å². The third-order valence-electron chi connectivity index (χ3n) is 4.36. The molecule has 0 saturated carbocycles. The summed E-state index contributed by atoms with van der Waals surface area (Å²) >= 11 is 0. The van der Waals surface area contributed by atoms with Crippen molar-refractivity contribution in [3.8, 4) is 0 Å². The highest BCUT2D eigenvalue weighted by molar-refractivity contribution is 5.82. The van der Waals surface area contributed by atoms with E-state index in [9.17, 15) is 26.3 Å². The van der Waals surface area contributed by atoms with Crippen molar-refractivity contribution in [1.29, 1.82) is 0 Å². The van der Waals surface area contributed by atoms with Crippen LogP contribution in [0.5, 0.6) is 0 Å². The zero-order valence-corrected chi connectivity index (χ0v) is 16.0. The number of halogens is 6. The van der Waals surface area contributed by atoms with E-state index in [0.717, 1.165) is 10.9 Å². The van der Waals surface area contributed by atoms with Crippen LogP contribution in [0.2, 0.25) is 0 Å². The molecule has 4 rings (SSSR count). The van der Waals surface area contributed by atoms with Gasteiger partial charge in [0.2, 0.25) is 5.95 Å². The molecular formula is C21H13F6N5. The van der Waals surface area contributed by atoms with E-state index in [2.05, 4.69) is 25.6 Å². The third kappa shape index (κ3) is 4.88. The van der Waals surface area contributed by atoms with E-state index < -0.39 is 29.2 Å². The van der Waals surface area contributed by atoms with Crippen LogP contribution in [0, 0.1) is 0 Å². The molecule has 0 fully saturated rings. The van der Waals surface area contributed by atoms with Crippen molar-refractivity contribution in [2.45, 2.75) is 12.4 Å². The predicted molar refractivity (Wildman–Crippen MR) is 107 cm³/mol. The summed E-state index contributed by atoms with van der Waals surface area (Å²) in [5.41, 5.74) is -1.95. The van der Waals surface area contributed by atoms with Gasteiger partial charge in [0.05, 0.1) is 28.5 Å². The highest BCUT2D eigenvalue weighted by Crippen LogP contribution is 2.38. The molecule has 0 unspecified atom stereocenters. The number of pyridine rings is 1. The number of fused-ring (bicyclic) bond motifs is 1. The van der Waals surface area contributed by atoms with E-state index in [1.165, 1.54) is 12.3 Å². The fraction of sp³-hybridized carbons (Fsp3) is 0.0952. The van der Waals surface area contributed by atoms with E-state index >= 15 is 0 Å². The molecule has 0 aliphatic carbocycles. The highest BCUT2D eigenvalue weighted by Gasteiger charge is 2.37. The normalized spacial score (nSPS) is 12.1. The Balaban J connectivity index is 1.61. The van der Waals surface area contributed by atoms with Gasteiger partial charge in [-0.1, -0.05) is 18.2 Å². The number of para-hydroxylation sites is 1. The fourth-order valence-electron chi connectivity index (χ4n) is 2.93. The molecule has 0 atom stereocenters. The van der Waals surface area contributed by atoms with Gasteiger partial charge in [-0.05, 0) is 36.4 Å². The number of hydrogen-bond acceptors (Lipinski definition) is 5. The fourth-order valence-corrected chi connectivity index (χ4v) is 2.93. The first-order chi connectivity index (χ1) is 15.1. The minimum Gasteiger partial charge on any atom is -0.339 e. The second kappa shape index (κ2) is 7.98. The van der Waals surface area contributed by atoms with Crippen molar-refractivity contribution >= 4 is 34.0 Å². The average molecular weight is 449 g/mol. The predicted octanol–water partition coefficient (Wildman–Crippen LogP) is 6.55. The molecule has 164 valence electrons. The number of anilines is 4. The second-order valence-corrected chi connectivity index (χ2v) is 6.73. The number of nitrogens with one attached hydrogen (secondary N) is 2. The zero-order chi connectivity index (χ0) is 22.9. The smallest absolute Gasteiger partial charge is 0.339 e. The molecule has 11 heteroatoms. The van der Waals surface area contributed by atoms with E-state index in [1.54, 1.807) is 6.20 Å². The zero-order valence-electron chi connectivity index (χ0n) is 16.0. The first-order valence-corrected chi connectivity index (χ1v) is 9.09. The first kappa shape index (κ1) is 21.3. The number of rotatable bonds is 4. The summed E-state index contributed by atoms with van der Waals surface area (Å²) in [6, 6.07) is 11.9. The first-order valence-electron chi connectivity index (χ1n) is 9.09. The van der Waals surface area contributed by atoms with E-state index in [-0.39, 0.29) is 17.8 Å². The molecule has 0 saturated heterocycles. The SMILES string of the molecule is FC(F)(F)c1cc(Nc2nccc(Nc3cnc4ccccc4c3)n2)cc(C(F)(F)F)c1. The van der Waals surface area contributed by atoms with Crippen molar-refractivity contribution in [3.05, 3.63) is 78.1 Å². The van der Waals surface area contributed by atoms with Crippen LogP contribution in [0.15, 0.2) is 67.0 Å². The lowest BCUT2D eigenvalue weighted by Gasteiger charge is -2.15. The number of aromatic nitrogens is 3. The van der Waals surface area contributed by atoms with E-state index in [0.29, 0.717) is 17.8 Å². The summed E-state index contributed by atoms with van der Waals surface area (Å²) < 4.78 is 78.3. The molecule has 0 aliphatic rings. The Labute approximate surface area is 177 Å². The van der Waals surface area contributed by atoms with Gasteiger partial charge < -0.3 is 10.6 Å². The second-order valence-electron chi connectivity index (χ2n) is 6.73. The largest absolute Gasteiger partial charge is 0.416 e. The Morgan fingerprint density at radius 1 is 0.688 bits per heavy atom. The van der Waals surface area contributed by atoms with Gasteiger partial charge in [-0.2, -0.15) is 31.3 Å². The van der Waals surface area contributed by atoms with Crippen molar-refractivity contribution in [2.75, 3.05) is 10.6 Å². The Morgan fingerprint density at radius 2 is 1.38 bits per heavy atom. The third-order valence-corrected chi connectivity index (χ3v) is 4.36. The van der Waals surface area contributed by atoms with Gasteiger partial charge in [-0.15, -0.1) is 0 Å². The molecule has 5 nitrogen and oxygen atoms in total. The Hall–Kier alpha value is -3.89. The molecule has 0 spiro atoms. The maximum atomic E-state index is 13.1. The maximum absolute atomic E-state index is 13.1. The van der Waals surface area contributed by atoms with Crippen LogP contribution in [0.25, 0.3) is 10.9 Å².